The molecule has 0 N–H and O–H groups in total. The molecule has 0 aliphatic carbocycles. The summed E-state index contributed by atoms with van der Waals surface area (Å²) in [5.74, 6) is 1.03. The highest BCUT2D eigenvalue weighted by Crippen LogP contribution is 2.37. The van der Waals surface area contributed by atoms with E-state index in [0.717, 1.165) is 22.6 Å². The van der Waals surface area contributed by atoms with Crippen molar-refractivity contribution >= 4 is 23.4 Å². The molecule has 0 saturated carbocycles. The van der Waals surface area contributed by atoms with Gasteiger partial charge < -0.3 is 14.1 Å². The van der Waals surface area contributed by atoms with E-state index in [1.165, 1.54) is 6.39 Å². The van der Waals surface area contributed by atoms with E-state index in [1.54, 1.807) is 12.1 Å². The van der Waals surface area contributed by atoms with Crippen molar-refractivity contribution < 1.29 is 13.9 Å². The van der Waals surface area contributed by atoms with E-state index in [0.29, 0.717) is 23.4 Å². The molecule has 2 heterocycles. The monoisotopic (exact) mass is 381 g/mol. The number of fused-ring (bicyclic) bond motifs is 1. The Labute approximate surface area is 161 Å². The Bertz CT molecular complexity index is 912. The van der Waals surface area contributed by atoms with Crippen molar-refractivity contribution in [1.29, 1.82) is 0 Å². The molecule has 1 amide bonds. The average molecular weight is 381 g/mol. The fourth-order valence-corrected chi connectivity index (χ4v) is 4.07. The molecule has 1 aromatic heterocycles. The summed E-state index contributed by atoms with van der Waals surface area (Å²) in [5.41, 5.74) is 1.77. The number of para-hydroxylation sites is 1. The summed E-state index contributed by atoms with van der Waals surface area (Å²) in [7, 11) is 0. The van der Waals surface area contributed by atoms with E-state index >= 15 is 0 Å². The first-order valence-electron chi connectivity index (χ1n) is 8.76. The molecule has 0 radical (unpaired) electrons. The Hall–Kier alpha value is -2.80. The van der Waals surface area contributed by atoms with Gasteiger partial charge >= 0.3 is 0 Å². The Morgan fingerprint density at radius 1 is 1.26 bits per heavy atom. The first-order chi connectivity index (χ1) is 13.2. The van der Waals surface area contributed by atoms with Crippen LogP contribution in [-0.4, -0.2) is 34.5 Å². The first-order valence-corrected chi connectivity index (χ1v) is 9.64. The fourth-order valence-electron chi connectivity index (χ4n) is 2.96. The van der Waals surface area contributed by atoms with Crippen LogP contribution in [0.3, 0.4) is 0 Å². The number of benzene rings is 2. The van der Waals surface area contributed by atoms with Crippen molar-refractivity contribution in [2.45, 2.75) is 23.5 Å². The summed E-state index contributed by atoms with van der Waals surface area (Å²) >= 11 is 1.81. The molecule has 138 valence electrons. The van der Waals surface area contributed by atoms with Crippen LogP contribution in [-0.2, 0) is 4.79 Å². The van der Waals surface area contributed by atoms with E-state index < -0.39 is 0 Å². The number of aromatic nitrogens is 2. The minimum Gasteiger partial charge on any atom is -0.484 e. The minimum atomic E-state index is -0.0434. The molecule has 6 nitrogen and oxygen atoms in total. The predicted octanol–water partition coefficient (Wildman–Crippen LogP) is 4.03. The third-order valence-corrected chi connectivity index (χ3v) is 5.61. The van der Waals surface area contributed by atoms with Crippen molar-refractivity contribution in [2.75, 3.05) is 18.1 Å². The molecular weight excluding hydrogens is 362 g/mol. The number of ether oxygens (including phenoxy) is 1. The Balaban J connectivity index is 1.43. The average Bonchev–Trinajstić information content (AvgIpc) is 3.17. The maximum atomic E-state index is 12.8. The smallest absolute Gasteiger partial charge is 0.264 e. The van der Waals surface area contributed by atoms with E-state index in [-0.39, 0.29) is 12.5 Å². The topological polar surface area (TPSA) is 68.5 Å². The Kier molecular flexibility index (Phi) is 5.11. The number of thioether (sulfide) groups is 1. The SMILES string of the molecule is CC1CCN(C(=O)COc2ccc(-c3nnco3)cc2)c2ccccc2S1. The van der Waals surface area contributed by atoms with Gasteiger partial charge in [-0.25, -0.2) is 0 Å². The van der Waals surface area contributed by atoms with Gasteiger partial charge in [0.05, 0.1) is 5.69 Å². The quantitative estimate of drug-likeness (QED) is 0.680. The lowest BCUT2D eigenvalue weighted by Crippen LogP contribution is -2.36. The molecule has 1 unspecified atom stereocenters. The second-order valence-electron chi connectivity index (χ2n) is 6.29. The molecule has 0 spiro atoms. The number of carbonyl (C=O) groups is 1. The van der Waals surface area contributed by atoms with E-state index in [2.05, 4.69) is 23.2 Å². The maximum absolute atomic E-state index is 12.8. The number of anilines is 1. The van der Waals surface area contributed by atoms with Gasteiger partial charge in [-0.15, -0.1) is 22.0 Å². The van der Waals surface area contributed by atoms with Gasteiger partial charge in [-0.05, 0) is 42.8 Å². The lowest BCUT2D eigenvalue weighted by molar-refractivity contribution is -0.120. The number of nitrogens with zero attached hydrogens (tertiary/aromatic N) is 3. The van der Waals surface area contributed by atoms with Gasteiger partial charge in [0.1, 0.15) is 5.75 Å². The standard InChI is InChI=1S/C20H19N3O3S/c1-14-10-11-23(17-4-2-3-5-18(17)27-14)19(24)12-25-16-8-6-15(7-9-16)20-22-21-13-26-20/h2-9,13-14H,10-12H2,1H3. The van der Waals surface area contributed by atoms with Crippen LogP contribution >= 0.6 is 11.8 Å². The van der Waals surface area contributed by atoms with Gasteiger partial charge in [-0.2, -0.15) is 0 Å². The van der Waals surface area contributed by atoms with Crippen LogP contribution < -0.4 is 9.64 Å². The number of hydrogen-bond acceptors (Lipinski definition) is 6. The fraction of sp³-hybridized carbons (Fsp3) is 0.250. The summed E-state index contributed by atoms with van der Waals surface area (Å²) in [6.07, 6.45) is 2.24. The van der Waals surface area contributed by atoms with Gasteiger partial charge in [0.15, 0.2) is 6.61 Å². The second kappa shape index (κ2) is 7.84. The van der Waals surface area contributed by atoms with Gasteiger partial charge in [0.2, 0.25) is 12.3 Å². The van der Waals surface area contributed by atoms with Crippen LogP contribution in [0.2, 0.25) is 0 Å². The van der Waals surface area contributed by atoms with Crippen molar-refractivity contribution in [3.8, 4) is 17.2 Å². The van der Waals surface area contributed by atoms with E-state index in [1.807, 2.05) is 47.0 Å². The van der Waals surface area contributed by atoms with Gasteiger partial charge in [0.25, 0.3) is 5.91 Å². The van der Waals surface area contributed by atoms with Gasteiger partial charge in [-0.1, -0.05) is 19.1 Å². The van der Waals surface area contributed by atoms with Crippen molar-refractivity contribution in [2.24, 2.45) is 0 Å². The minimum absolute atomic E-state index is 0.00666. The molecule has 2 aromatic carbocycles. The van der Waals surface area contributed by atoms with Gasteiger partial charge in [0, 0.05) is 22.3 Å². The van der Waals surface area contributed by atoms with Crippen LogP contribution in [0, 0.1) is 0 Å². The van der Waals surface area contributed by atoms with E-state index in [9.17, 15) is 4.79 Å². The molecule has 1 aliphatic rings. The second-order valence-corrected chi connectivity index (χ2v) is 7.77. The molecule has 1 atom stereocenters. The molecule has 0 fully saturated rings. The van der Waals surface area contributed by atoms with Crippen molar-refractivity contribution in [1.82, 2.24) is 10.2 Å². The predicted molar refractivity (Wildman–Crippen MR) is 104 cm³/mol. The zero-order valence-electron chi connectivity index (χ0n) is 14.9. The summed E-state index contributed by atoms with van der Waals surface area (Å²) in [6.45, 7) is 2.88. The Morgan fingerprint density at radius 2 is 2.07 bits per heavy atom. The molecule has 4 rings (SSSR count). The molecule has 1 aliphatic heterocycles. The molecule has 27 heavy (non-hydrogen) atoms. The molecule has 3 aromatic rings. The largest absolute Gasteiger partial charge is 0.484 e. The normalized spacial score (nSPS) is 16.5. The van der Waals surface area contributed by atoms with Crippen molar-refractivity contribution in [3.63, 3.8) is 0 Å². The highest BCUT2D eigenvalue weighted by atomic mass is 32.2. The summed E-state index contributed by atoms with van der Waals surface area (Å²) < 4.78 is 10.9. The Morgan fingerprint density at radius 3 is 2.85 bits per heavy atom. The number of hydrogen-bond donors (Lipinski definition) is 0. The molecule has 0 bridgehead atoms. The number of rotatable bonds is 4. The number of amides is 1. The molecular formula is C20H19N3O3S. The molecule has 0 saturated heterocycles. The van der Waals surface area contributed by atoms with Crippen molar-refractivity contribution in [3.05, 3.63) is 54.9 Å². The maximum Gasteiger partial charge on any atom is 0.264 e. The van der Waals surface area contributed by atoms with Crippen LogP contribution in [0.5, 0.6) is 5.75 Å². The lowest BCUT2D eigenvalue weighted by Gasteiger charge is -2.22. The van der Waals surface area contributed by atoms with Crippen LogP contribution in [0.15, 0.2) is 64.2 Å². The third kappa shape index (κ3) is 3.98. The summed E-state index contributed by atoms with van der Waals surface area (Å²) in [6, 6.07) is 15.3. The zero-order valence-corrected chi connectivity index (χ0v) is 15.7. The van der Waals surface area contributed by atoms with Crippen LogP contribution in [0.4, 0.5) is 5.69 Å². The highest BCUT2D eigenvalue weighted by molar-refractivity contribution is 8.00. The first kappa shape index (κ1) is 17.6. The molecule has 7 heteroatoms. The third-order valence-electron chi connectivity index (χ3n) is 4.37. The van der Waals surface area contributed by atoms with Crippen LogP contribution in [0.1, 0.15) is 13.3 Å². The van der Waals surface area contributed by atoms with E-state index in [4.69, 9.17) is 9.15 Å². The zero-order chi connectivity index (χ0) is 18.6. The summed E-state index contributed by atoms with van der Waals surface area (Å²) in [4.78, 5) is 15.8. The van der Waals surface area contributed by atoms with Crippen LogP contribution in [0.25, 0.3) is 11.5 Å². The van der Waals surface area contributed by atoms with Gasteiger partial charge in [-0.3, -0.25) is 4.79 Å². The lowest BCUT2D eigenvalue weighted by atomic mass is 10.2. The number of carbonyl (C=O) groups excluding carboxylic acids is 1. The summed E-state index contributed by atoms with van der Waals surface area (Å²) in [5, 5.41) is 8.01. The highest BCUT2D eigenvalue weighted by Gasteiger charge is 2.24.